The number of hydrogen-bond acceptors (Lipinski definition) is 7. The largest absolute Gasteiger partial charge is 0.444 e. The second-order valence-electron chi connectivity index (χ2n) is 10.2. The van der Waals surface area contributed by atoms with E-state index in [9.17, 15) is 18.0 Å². The Balaban J connectivity index is 1.42. The number of likely N-dealkylation sites (tertiary alicyclic amines) is 1. The summed E-state index contributed by atoms with van der Waals surface area (Å²) in [5.74, 6) is -0.0508. The Labute approximate surface area is 206 Å². The molecule has 2 aliphatic rings. The minimum absolute atomic E-state index is 0.0282. The number of aromatic nitrogens is 2. The van der Waals surface area contributed by atoms with Gasteiger partial charge in [0.05, 0.1) is 4.90 Å². The molecule has 0 unspecified atom stereocenters. The van der Waals surface area contributed by atoms with Gasteiger partial charge in [0.25, 0.3) is 5.91 Å². The first kappa shape index (κ1) is 25.1. The number of sulfone groups is 1. The molecule has 4 rings (SSSR count). The van der Waals surface area contributed by atoms with Crippen LogP contribution in [0, 0.1) is 0 Å². The number of hydrogen-bond donors (Lipinski definition) is 0. The fourth-order valence-corrected chi connectivity index (χ4v) is 4.86. The van der Waals surface area contributed by atoms with Gasteiger partial charge < -0.3 is 14.5 Å². The summed E-state index contributed by atoms with van der Waals surface area (Å²) >= 11 is 0. The van der Waals surface area contributed by atoms with E-state index in [-0.39, 0.29) is 34.8 Å². The van der Waals surface area contributed by atoms with Gasteiger partial charge in [0.15, 0.2) is 9.84 Å². The Morgan fingerprint density at radius 1 is 0.943 bits per heavy atom. The van der Waals surface area contributed by atoms with Crippen LogP contribution < -0.4 is 0 Å². The Morgan fingerprint density at radius 3 is 1.97 bits per heavy atom. The van der Waals surface area contributed by atoms with Gasteiger partial charge in [0.1, 0.15) is 5.60 Å². The summed E-state index contributed by atoms with van der Waals surface area (Å²) in [5.41, 5.74) is 0.929. The Morgan fingerprint density at radius 2 is 1.49 bits per heavy atom. The molecule has 1 aromatic heterocycles. The predicted octanol–water partition coefficient (Wildman–Crippen LogP) is 3.55. The number of benzene rings is 1. The number of carbonyl (C=O) groups excluding carboxylic acids is 2. The lowest BCUT2D eigenvalue weighted by molar-refractivity contribution is 0.0141. The molecule has 0 N–H and O–H groups in total. The molecule has 2 amide bonds. The number of ether oxygens (including phenoxy) is 1. The van der Waals surface area contributed by atoms with Gasteiger partial charge in [-0.15, -0.1) is 0 Å². The molecule has 0 radical (unpaired) electrons. The Hall–Kier alpha value is -3.01. The second-order valence-corrected chi connectivity index (χ2v) is 12.2. The fourth-order valence-electron chi connectivity index (χ4n) is 4.23. The number of carbonyl (C=O) groups is 2. The molecule has 1 aliphatic heterocycles. The summed E-state index contributed by atoms with van der Waals surface area (Å²) in [7, 11) is -3.27. The van der Waals surface area contributed by atoms with E-state index < -0.39 is 15.4 Å². The normalized spacial score (nSPS) is 17.2. The molecule has 35 heavy (non-hydrogen) atoms. The first-order valence-electron chi connectivity index (χ1n) is 11.9. The van der Waals surface area contributed by atoms with Crippen molar-refractivity contribution in [2.75, 3.05) is 19.3 Å². The minimum Gasteiger partial charge on any atom is -0.444 e. The molecule has 2 fully saturated rings. The van der Waals surface area contributed by atoms with Crippen molar-refractivity contribution in [2.24, 2.45) is 0 Å². The first-order chi connectivity index (χ1) is 16.4. The van der Waals surface area contributed by atoms with Crippen molar-refractivity contribution in [3.05, 3.63) is 42.5 Å². The van der Waals surface area contributed by atoms with Gasteiger partial charge in [-0.25, -0.2) is 23.2 Å². The highest BCUT2D eigenvalue weighted by molar-refractivity contribution is 7.90. The van der Waals surface area contributed by atoms with Gasteiger partial charge in [0, 0.05) is 49.4 Å². The molecule has 2 aromatic rings. The molecule has 1 saturated carbocycles. The summed E-state index contributed by atoms with van der Waals surface area (Å²) in [4.78, 5) is 38.3. The van der Waals surface area contributed by atoms with Crippen LogP contribution in [0.15, 0.2) is 41.6 Å². The third-order valence-corrected chi connectivity index (χ3v) is 7.27. The average Bonchev–Trinajstić information content (AvgIpc) is 3.63. The van der Waals surface area contributed by atoms with Crippen molar-refractivity contribution in [3.63, 3.8) is 0 Å². The summed E-state index contributed by atoms with van der Waals surface area (Å²) in [6, 6.07) is 6.70. The monoisotopic (exact) mass is 500 g/mol. The second kappa shape index (κ2) is 9.56. The summed E-state index contributed by atoms with van der Waals surface area (Å²) in [6.07, 6.45) is 7.32. The molecule has 2 heterocycles. The highest BCUT2D eigenvalue weighted by atomic mass is 32.2. The van der Waals surface area contributed by atoms with E-state index in [0.29, 0.717) is 31.5 Å². The van der Waals surface area contributed by atoms with E-state index in [4.69, 9.17) is 4.74 Å². The van der Waals surface area contributed by atoms with Gasteiger partial charge in [-0.3, -0.25) is 4.79 Å². The molecule has 0 bridgehead atoms. The van der Waals surface area contributed by atoms with E-state index in [1.165, 1.54) is 6.26 Å². The maximum Gasteiger partial charge on any atom is 0.410 e. The van der Waals surface area contributed by atoms with Gasteiger partial charge in [-0.1, -0.05) is 12.1 Å². The molecule has 1 aliphatic carbocycles. The summed E-state index contributed by atoms with van der Waals surface area (Å²) < 4.78 is 28.8. The van der Waals surface area contributed by atoms with Crippen LogP contribution in [0.1, 0.15) is 57.1 Å². The van der Waals surface area contributed by atoms with Crippen molar-refractivity contribution in [1.82, 2.24) is 19.8 Å². The predicted molar refractivity (Wildman–Crippen MR) is 131 cm³/mol. The van der Waals surface area contributed by atoms with Crippen LogP contribution in [0.3, 0.4) is 0 Å². The summed E-state index contributed by atoms with van der Waals surface area (Å²) in [6.45, 7) is 6.63. The minimum atomic E-state index is -3.27. The van der Waals surface area contributed by atoms with E-state index in [0.717, 1.165) is 18.4 Å². The molecule has 0 spiro atoms. The molecule has 10 heteroatoms. The highest BCUT2D eigenvalue weighted by Crippen LogP contribution is 2.33. The SMILES string of the molecule is CC(C)(C)OC(=O)N1CCC(N(C(=O)c2ncc(-c3ccc(S(C)(=O)=O)cc3)cn2)C2CC2)CC1. The first-order valence-corrected chi connectivity index (χ1v) is 13.7. The lowest BCUT2D eigenvalue weighted by Gasteiger charge is -2.38. The van der Waals surface area contributed by atoms with Crippen LogP contribution in [0.25, 0.3) is 11.1 Å². The summed E-state index contributed by atoms with van der Waals surface area (Å²) in [5, 5.41) is 0. The van der Waals surface area contributed by atoms with Crippen molar-refractivity contribution in [1.29, 1.82) is 0 Å². The van der Waals surface area contributed by atoms with Crippen LogP contribution >= 0.6 is 0 Å². The number of amides is 2. The number of rotatable bonds is 5. The third-order valence-electron chi connectivity index (χ3n) is 6.14. The third kappa shape index (κ3) is 6.17. The van der Waals surface area contributed by atoms with Gasteiger partial charge in [-0.2, -0.15) is 0 Å². The standard InChI is InChI=1S/C25H32N4O5S/c1-25(2,3)34-24(31)28-13-11-20(12-14-28)29(19-7-8-19)23(30)22-26-15-18(16-27-22)17-5-9-21(10-6-17)35(4,32)33/h5-6,9-10,15-16,19-20H,7-8,11-14H2,1-4H3. The van der Waals surface area contributed by atoms with Gasteiger partial charge in [0.2, 0.25) is 5.82 Å². The van der Waals surface area contributed by atoms with Crippen molar-refractivity contribution in [3.8, 4) is 11.1 Å². The fraction of sp³-hybridized carbons (Fsp3) is 0.520. The average molecular weight is 501 g/mol. The molecule has 1 saturated heterocycles. The molecular weight excluding hydrogens is 468 g/mol. The number of piperidine rings is 1. The van der Waals surface area contributed by atoms with Crippen LogP contribution in [-0.2, 0) is 14.6 Å². The smallest absolute Gasteiger partial charge is 0.410 e. The van der Waals surface area contributed by atoms with Crippen molar-refractivity contribution < 1.29 is 22.7 Å². The van der Waals surface area contributed by atoms with Gasteiger partial charge in [-0.05, 0) is 64.2 Å². The zero-order valence-corrected chi connectivity index (χ0v) is 21.4. The van der Waals surface area contributed by atoms with Gasteiger partial charge >= 0.3 is 6.09 Å². The van der Waals surface area contributed by atoms with Crippen molar-refractivity contribution >= 4 is 21.8 Å². The topological polar surface area (TPSA) is 110 Å². The molecule has 0 atom stereocenters. The zero-order valence-electron chi connectivity index (χ0n) is 20.6. The Bertz CT molecular complexity index is 1180. The van der Waals surface area contributed by atoms with E-state index in [2.05, 4.69) is 9.97 Å². The van der Waals surface area contributed by atoms with Crippen LogP contribution in [0.2, 0.25) is 0 Å². The van der Waals surface area contributed by atoms with Crippen LogP contribution in [0.4, 0.5) is 4.79 Å². The molecule has 188 valence electrons. The maximum atomic E-state index is 13.4. The quantitative estimate of drug-likeness (QED) is 0.617. The molecule has 9 nitrogen and oxygen atoms in total. The molecular formula is C25H32N4O5S. The number of nitrogens with zero attached hydrogens (tertiary/aromatic N) is 4. The Kier molecular flexibility index (Phi) is 6.86. The zero-order chi connectivity index (χ0) is 25.4. The van der Waals surface area contributed by atoms with E-state index in [1.54, 1.807) is 41.6 Å². The maximum absolute atomic E-state index is 13.4. The van der Waals surface area contributed by atoms with E-state index >= 15 is 0 Å². The highest BCUT2D eigenvalue weighted by Gasteiger charge is 2.40. The molecule has 1 aromatic carbocycles. The van der Waals surface area contributed by atoms with Crippen molar-refractivity contribution in [2.45, 2.75) is 69.0 Å². The lowest BCUT2D eigenvalue weighted by Crippen LogP contribution is -2.50. The lowest BCUT2D eigenvalue weighted by atomic mass is 10.0. The van der Waals surface area contributed by atoms with Crippen LogP contribution in [0.5, 0.6) is 0 Å². The van der Waals surface area contributed by atoms with Crippen LogP contribution in [-0.4, -0.2) is 77.2 Å². The van der Waals surface area contributed by atoms with E-state index in [1.807, 2.05) is 25.7 Å².